The summed E-state index contributed by atoms with van der Waals surface area (Å²) in [5, 5.41) is 0.600. The summed E-state index contributed by atoms with van der Waals surface area (Å²) in [6, 6.07) is 11.8. The standard InChI is InChI=1S/C37H40ClF3N4O2S/c1-36(2)14-7-15-37(3,23-10-5-8-22(18-23)9-6-16-46)35(42)45-34(43-4)26-19-24(11-12-28(26)39)47-33-25(13-17-48-21-36)29-27(38)20-44-32(29)30(40)31(33)41/h5,8,10-12,16,18-20,44H,6-7,9,13-15,17,21H2,1-4H3,(H2,42,43,45)/t37-/m1/s1. The second-order valence-corrected chi connectivity index (χ2v) is 14.7. The molecular formula is C37H40ClF3N4O2S. The maximum absolute atomic E-state index is 15.7. The Kier molecular flexibility index (Phi) is 10.9. The molecule has 3 N–H and O–H groups in total. The third kappa shape index (κ3) is 7.44. The molecule has 11 heteroatoms. The van der Waals surface area contributed by atoms with Crippen molar-refractivity contribution in [2.75, 3.05) is 18.6 Å². The predicted octanol–water partition coefficient (Wildman–Crippen LogP) is 9.34. The van der Waals surface area contributed by atoms with Gasteiger partial charge in [0.05, 0.1) is 16.1 Å². The zero-order valence-corrected chi connectivity index (χ0v) is 29.1. The number of aldehydes is 1. The van der Waals surface area contributed by atoms with Gasteiger partial charge in [-0.1, -0.05) is 56.1 Å². The normalized spacial score (nSPS) is 20.0. The summed E-state index contributed by atoms with van der Waals surface area (Å²) in [4.78, 5) is 22.8. The SMILES string of the molecule is CN=C1N=C(N)[C@@](C)(c2cccc(CCC=O)c2)CCCC(C)(C)CSCCc2c(c(F)c(F)c3[nH]cc(Cl)c23)Oc2ccc(F)c1c2. The van der Waals surface area contributed by atoms with Crippen molar-refractivity contribution in [3.63, 3.8) is 0 Å². The van der Waals surface area contributed by atoms with Crippen LogP contribution in [0.15, 0.2) is 58.6 Å². The molecule has 1 aromatic heterocycles. The van der Waals surface area contributed by atoms with E-state index >= 15 is 13.2 Å². The molecule has 4 aromatic rings. The molecule has 1 atom stereocenters. The number of ether oxygens (including phenoxy) is 1. The number of nitrogens with zero attached hydrogens (tertiary/aromatic N) is 2. The van der Waals surface area contributed by atoms with Crippen molar-refractivity contribution in [1.82, 2.24) is 4.98 Å². The first kappa shape index (κ1) is 35.5. The first-order valence-electron chi connectivity index (χ1n) is 15.9. The number of nitrogens with one attached hydrogen (secondary N) is 1. The van der Waals surface area contributed by atoms with Crippen LogP contribution in [-0.4, -0.2) is 41.5 Å². The fourth-order valence-electron chi connectivity index (χ4n) is 6.22. The number of fused-ring (bicyclic) bond motifs is 5. The third-order valence-electron chi connectivity index (χ3n) is 9.06. The van der Waals surface area contributed by atoms with E-state index < -0.39 is 22.9 Å². The van der Waals surface area contributed by atoms with E-state index in [4.69, 9.17) is 27.1 Å². The Bertz CT molecular complexity index is 1890. The Morgan fingerprint density at radius 3 is 2.67 bits per heavy atom. The number of aryl methyl sites for hydroxylation is 2. The number of carbonyl (C=O) groups excluding carboxylic acids is 1. The molecule has 0 saturated carbocycles. The molecule has 3 aromatic carbocycles. The zero-order valence-electron chi connectivity index (χ0n) is 27.6. The van der Waals surface area contributed by atoms with E-state index in [1.165, 1.54) is 31.4 Å². The van der Waals surface area contributed by atoms with Crippen molar-refractivity contribution < 1.29 is 22.7 Å². The summed E-state index contributed by atoms with van der Waals surface area (Å²) < 4.78 is 52.5. The number of carbonyl (C=O) groups is 1. The molecule has 0 spiro atoms. The van der Waals surface area contributed by atoms with Crippen LogP contribution in [0.4, 0.5) is 13.2 Å². The van der Waals surface area contributed by atoms with E-state index in [1.807, 2.05) is 25.1 Å². The molecule has 0 amide bonds. The van der Waals surface area contributed by atoms with Crippen molar-refractivity contribution >= 4 is 52.2 Å². The lowest BCUT2D eigenvalue weighted by Gasteiger charge is -2.32. The number of nitrogens with two attached hydrogens (primary N) is 1. The maximum atomic E-state index is 15.7. The molecule has 2 bridgehead atoms. The zero-order chi connectivity index (χ0) is 34.6. The van der Waals surface area contributed by atoms with Crippen LogP contribution in [0.25, 0.3) is 10.9 Å². The second-order valence-electron chi connectivity index (χ2n) is 13.2. The Labute approximate surface area is 288 Å². The maximum Gasteiger partial charge on any atom is 0.203 e. The minimum atomic E-state index is -1.17. The molecule has 6 nitrogen and oxygen atoms in total. The molecule has 1 aliphatic rings. The highest BCUT2D eigenvalue weighted by Crippen LogP contribution is 2.41. The molecule has 0 saturated heterocycles. The fraction of sp³-hybridized carbons (Fsp3) is 0.378. The van der Waals surface area contributed by atoms with Gasteiger partial charge in [-0.15, -0.1) is 0 Å². The number of benzene rings is 3. The first-order valence-corrected chi connectivity index (χ1v) is 17.5. The fourth-order valence-corrected chi connectivity index (χ4v) is 7.68. The van der Waals surface area contributed by atoms with Crippen LogP contribution in [-0.2, 0) is 23.1 Å². The number of aromatic nitrogens is 1. The highest BCUT2D eigenvalue weighted by atomic mass is 35.5. The summed E-state index contributed by atoms with van der Waals surface area (Å²) in [7, 11) is 1.48. The minimum absolute atomic E-state index is 0.0129. The lowest BCUT2D eigenvalue weighted by molar-refractivity contribution is -0.107. The summed E-state index contributed by atoms with van der Waals surface area (Å²) in [5.41, 5.74) is 8.36. The lowest BCUT2D eigenvalue weighted by Crippen LogP contribution is -2.40. The van der Waals surface area contributed by atoms with Crippen LogP contribution in [0.3, 0.4) is 0 Å². The molecule has 1 aliphatic heterocycles. The number of halogens is 4. The van der Waals surface area contributed by atoms with E-state index in [-0.39, 0.29) is 44.7 Å². The Hall–Kier alpha value is -3.76. The van der Waals surface area contributed by atoms with Gasteiger partial charge in [0, 0.05) is 36.0 Å². The van der Waals surface area contributed by atoms with Gasteiger partial charge in [0.15, 0.2) is 17.4 Å². The van der Waals surface area contributed by atoms with Crippen LogP contribution >= 0.6 is 23.4 Å². The summed E-state index contributed by atoms with van der Waals surface area (Å²) in [6.45, 7) is 6.43. The van der Waals surface area contributed by atoms with Gasteiger partial charge in [-0.2, -0.15) is 16.2 Å². The molecule has 0 unspecified atom stereocenters. The second kappa shape index (κ2) is 14.8. The third-order valence-corrected chi connectivity index (χ3v) is 10.8. The van der Waals surface area contributed by atoms with Crippen molar-refractivity contribution in [2.24, 2.45) is 21.1 Å². The number of aliphatic imine (C=N–C) groups is 2. The van der Waals surface area contributed by atoms with Gasteiger partial charge in [-0.05, 0) is 78.9 Å². The van der Waals surface area contributed by atoms with Gasteiger partial charge in [-0.25, -0.2) is 13.8 Å². The molecule has 254 valence electrons. The average Bonchev–Trinajstić information content (AvgIpc) is 3.45. The van der Waals surface area contributed by atoms with Crippen molar-refractivity contribution in [1.29, 1.82) is 0 Å². The topological polar surface area (TPSA) is 92.8 Å². The van der Waals surface area contributed by atoms with Crippen LogP contribution in [0.2, 0.25) is 5.02 Å². The Balaban J connectivity index is 1.65. The quantitative estimate of drug-likeness (QED) is 0.208. The van der Waals surface area contributed by atoms with E-state index in [0.717, 1.165) is 36.0 Å². The van der Waals surface area contributed by atoms with Gasteiger partial charge < -0.3 is 20.2 Å². The summed E-state index contributed by atoms with van der Waals surface area (Å²) >= 11 is 8.19. The highest BCUT2D eigenvalue weighted by molar-refractivity contribution is 7.99. The van der Waals surface area contributed by atoms with Gasteiger partial charge in [0.2, 0.25) is 5.82 Å². The molecule has 0 aliphatic carbocycles. The highest BCUT2D eigenvalue weighted by Gasteiger charge is 2.33. The Morgan fingerprint density at radius 1 is 1.12 bits per heavy atom. The van der Waals surface area contributed by atoms with Crippen LogP contribution in [0.5, 0.6) is 11.5 Å². The number of amidine groups is 2. The predicted molar refractivity (Wildman–Crippen MR) is 191 cm³/mol. The van der Waals surface area contributed by atoms with Crippen LogP contribution < -0.4 is 10.5 Å². The average molecular weight is 697 g/mol. The smallest absolute Gasteiger partial charge is 0.203 e. The Morgan fingerprint density at radius 2 is 1.92 bits per heavy atom. The van der Waals surface area contributed by atoms with Gasteiger partial charge in [0.25, 0.3) is 0 Å². The summed E-state index contributed by atoms with van der Waals surface area (Å²) in [5.74, 6) is -1.46. The number of H-pyrrole nitrogens is 1. The monoisotopic (exact) mass is 696 g/mol. The van der Waals surface area contributed by atoms with Gasteiger partial charge in [-0.3, -0.25) is 4.99 Å². The number of hydrogen-bond acceptors (Lipinski definition) is 5. The molecule has 48 heavy (non-hydrogen) atoms. The molecule has 0 radical (unpaired) electrons. The van der Waals surface area contributed by atoms with Crippen LogP contribution in [0, 0.1) is 22.9 Å². The number of aromatic amines is 1. The first-order chi connectivity index (χ1) is 22.9. The number of rotatable bonds is 4. The summed E-state index contributed by atoms with van der Waals surface area (Å²) in [6.07, 6.45) is 6.06. The molecule has 0 fully saturated rings. The van der Waals surface area contributed by atoms with Gasteiger partial charge >= 0.3 is 0 Å². The van der Waals surface area contributed by atoms with Crippen molar-refractivity contribution in [3.8, 4) is 11.5 Å². The van der Waals surface area contributed by atoms with Gasteiger partial charge in [0.1, 0.15) is 23.7 Å². The van der Waals surface area contributed by atoms with Crippen molar-refractivity contribution in [3.05, 3.63) is 93.4 Å². The molecule has 2 heterocycles. The van der Waals surface area contributed by atoms with E-state index in [2.05, 4.69) is 29.9 Å². The number of thioether (sulfide) groups is 1. The van der Waals surface area contributed by atoms with Crippen molar-refractivity contribution in [2.45, 2.75) is 64.7 Å². The van der Waals surface area contributed by atoms with E-state index in [1.54, 1.807) is 11.8 Å². The minimum Gasteiger partial charge on any atom is -0.454 e. The van der Waals surface area contributed by atoms with Crippen LogP contribution in [0.1, 0.15) is 68.7 Å². The van der Waals surface area contributed by atoms with E-state index in [9.17, 15) is 4.79 Å². The molecular weight excluding hydrogens is 657 g/mol. The lowest BCUT2D eigenvalue weighted by atomic mass is 9.75. The number of hydrogen-bond donors (Lipinski definition) is 2. The molecule has 5 rings (SSSR count). The van der Waals surface area contributed by atoms with E-state index in [0.29, 0.717) is 42.4 Å². The largest absolute Gasteiger partial charge is 0.454 e.